The van der Waals surface area contributed by atoms with Crippen LogP contribution in [0.5, 0.6) is 0 Å². The molecule has 1 unspecified atom stereocenters. The minimum absolute atomic E-state index is 0.263. The van der Waals surface area contributed by atoms with E-state index in [0.717, 1.165) is 0 Å². The normalized spacial score (nSPS) is 11.9. The van der Waals surface area contributed by atoms with Crippen molar-refractivity contribution in [3.8, 4) is 0 Å². The van der Waals surface area contributed by atoms with Gasteiger partial charge in [-0.1, -0.05) is 18.2 Å². The van der Waals surface area contributed by atoms with Crippen molar-refractivity contribution < 1.29 is 9.18 Å². The molecule has 2 rings (SSSR count). The van der Waals surface area contributed by atoms with Crippen molar-refractivity contribution in [2.75, 3.05) is 12.8 Å². The minimum atomic E-state index is -0.392. The maximum atomic E-state index is 13.8. The first-order chi connectivity index (χ1) is 9.52. The van der Waals surface area contributed by atoms with Gasteiger partial charge in [0.25, 0.3) is 5.91 Å². The van der Waals surface area contributed by atoms with Gasteiger partial charge in [-0.05, 0) is 19.1 Å². The van der Waals surface area contributed by atoms with Crippen molar-refractivity contribution >= 4 is 11.6 Å². The van der Waals surface area contributed by atoms with Crippen LogP contribution in [0.25, 0.3) is 0 Å². The third-order valence-electron chi connectivity index (χ3n) is 3.34. The Morgan fingerprint density at radius 3 is 2.70 bits per heavy atom. The van der Waals surface area contributed by atoms with Crippen molar-refractivity contribution in [2.45, 2.75) is 13.0 Å². The maximum absolute atomic E-state index is 13.8. The molecule has 1 heterocycles. The molecular weight excluding hydrogens is 257 g/mol. The summed E-state index contributed by atoms with van der Waals surface area (Å²) in [4.78, 5) is 17.7. The molecule has 0 aliphatic carbocycles. The number of hydrogen-bond donors (Lipinski definition) is 1. The fourth-order valence-electron chi connectivity index (χ4n) is 1.99. The third-order valence-corrected chi connectivity index (χ3v) is 3.34. The fraction of sp³-hybridized carbons (Fsp3) is 0.200. The van der Waals surface area contributed by atoms with Gasteiger partial charge >= 0.3 is 0 Å². The molecule has 0 spiro atoms. The number of nitrogens with two attached hydrogens (primary N) is 1. The summed E-state index contributed by atoms with van der Waals surface area (Å²) >= 11 is 0. The van der Waals surface area contributed by atoms with E-state index < -0.39 is 6.04 Å². The zero-order valence-electron chi connectivity index (χ0n) is 11.4. The summed E-state index contributed by atoms with van der Waals surface area (Å²) in [5.41, 5.74) is 6.89. The average Bonchev–Trinajstić information content (AvgIpc) is 2.46. The quantitative estimate of drug-likeness (QED) is 0.935. The predicted molar refractivity (Wildman–Crippen MR) is 75.6 cm³/mol. The van der Waals surface area contributed by atoms with E-state index >= 15 is 0 Å². The number of nitrogens with zero attached hydrogens (tertiary/aromatic N) is 2. The van der Waals surface area contributed by atoms with Gasteiger partial charge < -0.3 is 10.6 Å². The number of halogens is 1. The van der Waals surface area contributed by atoms with Crippen LogP contribution in [0.1, 0.15) is 28.9 Å². The molecule has 4 nitrogen and oxygen atoms in total. The van der Waals surface area contributed by atoms with E-state index in [1.165, 1.54) is 23.4 Å². The molecule has 0 saturated carbocycles. The summed E-state index contributed by atoms with van der Waals surface area (Å²) in [7, 11) is 1.62. The van der Waals surface area contributed by atoms with E-state index in [0.29, 0.717) is 16.8 Å². The van der Waals surface area contributed by atoms with Gasteiger partial charge in [0.05, 0.1) is 23.5 Å². The van der Waals surface area contributed by atoms with E-state index in [9.17, 15) is 9.18 Å². The van der Waals surface area contributed by atoms with Crippen LogP contribution in [0, 0.1) is 5.82 Å². The Labute approximate surface area is 117 Å². The fourth-order valence-corrected chi connectivity index (χ4v) is 1.99. The minimum Gasteiger partial charge on any atom is -0.397 e. The second-order valence-corrected chi connectivity index (χ2v) is 4.58. The van der Waals surface area contributed by atoms with Crippen LogP contribution < -0.4 is 5.73 Å². The van der Waals surface area contributed by atoms with E-state index in [-0.39, 0.29) is 11.7 Å². The standard InChI is InChI=1S/C15H16FN3O/c1-10(11-5-3-4-6-13(11)16)19(2)15(20)12-7-8-18-9-14(12)17/h3-10H,17H2,1-2H3. The van der Waals surface area contributed by atoms with Gasteiger partial charge in [-0.3, -0.25) is 9.78 Å². The van der Waals surface area contributed by atoms with Gasteiger partial charge in [0.15, 0.2) is 0 Å². The number of carbonyl (C=O) groups excluding carboxylic acids is 1. The number of carbonyl (C=O) groups is 1. The molecule has 0 fully saturated rings. The smallest absolute Gasteiger partial charge is 0.256 e. The first-order valence-corrected chi connectivity index (χ1v) is 6.23. The number of pyridine rings is 1. The Bertz CT molecular complexity index is 630. The molecule has 0 aliphatic heterocycles. The van der Waals surface area contributed by atoms with Crippen LogP contribution in [0.15, 0.2) is 42.7 Å². The van der Waals surface area contributed by atoms with Crippen LogP contribution in [0.3, 0.4) is 0 Å². The summed E-state index contributed by atoms with van der Waals surface area (Å²) in [6.07, 6.45) is 2.93. The Morgan fingerprint density at radius 1 is 1.35 bits per heavy atom. The number of nitrogen functional groups attached to an aromatic ring is 1. The topological polar surface area (TPSA) is 59.2 Å². The summed E-state index contributed by atoms with van der Waals surface area (Å²) < 4.78 is 13.8. The van der Waals surface area contributed by atoms with Gasteiger partial charge in [-0.25, -0.2) is 4.39 Å². The maximum Gasteiger partial charge on any atom is 0.256 e. The third kappa shape index (κ3) is 2.61. The number of aromatic nitrogens is 1. The molecule has 0 saturated heterocycles. The second kappa shape index (κ2) is 5.69. The van der Waals surface area contributed by atoms with E-state index in [1.54, 1.807) is 38.2 Å². The summed E-state index contributed by atoms with van der Waals surface area (Å²) in [6.45, 7) is 1.77. The monoisotopic (exact) mass is 273 g/mol. The lowest BCUT2D eigenvalue weighted by Crippen LogP contribution is -2.30. The molecule has 1 amide bonds. The second-order valence-electron chi connectivity index (χ2n) is 4.58. The van der Waals surface area contributed by atoms with Crippen LogP contribution in [0.2, 0.25) is 0 Å². The summed E-state index contributed by atoms with van der Waals surface area (Å²) in [6, 6.07) is 7.58. The number of rotatable bonds is 3. The lowest BCUT2D eigenvalue weighted by Gasteiger charge is -2.26. The Morgan fingerprint density at radius 2 is 2.05 bits per heavy atom. The van der Waals surface area contributed by atoms with Crippen molar-refractivity contribution in [1.82, 2.24) is 9.88 Å². The van der Waals surface area contributed by atoms with Crippen LogP contribution in [-0.4, -0.2) is 22.8 Å². The van der Waals surface area contributed by atoms with Crippen LogP contribution >= 0.6 is 0 Å². The molecule has 0 radical (unpaired) electrons. The number of benzene rings is 1. The molecular formula is C15H16FN3O. The highest BCUT2D eigenvalue weighted by atomic mass is 19.1. The molecule has 2 N–H and O–H groups in total. The van der Waals surface area contributed by atoms with Crippen molar-refractivity contribution in [1.29, 1.82) is 0 Å². The number of amides is 1. The molecule has 20 heavy (non-hydrogen) atoms. The highest BCUT2D eigenvalue weighted by molar-refractivity contribution is 5.98. The lowest BCUT2D eigenvalue weighted by molar-refractivity contribution is 0.0741. The van der Waals surface area contributed by atoms with Crippen molar-refractivity contribution in [2.24, 2.45) is 0 Å². The molecule has 0 bridgehead atoms. The summed E-state index contributed by atoms with van der Waals surface area (Å²) in [5.74, 6) is -0.594. The van der Waals surface area contributed by atoms with Crippen molar-refractivity contribution in [3.63, 3.8) is 0 Å². The van der Waals surface area contributed by atoms with Gasteiger partial charge in [0.2, 0.25) is 0 Å². The van der Waals surface area contributed by atoms with Crippen molar-refractivity contribution in [3.05, 3.63) is 59.7 Å². The van der Waals surface area contributed by atoms with Gasteiger partial charge in [-0.2, -0.15) is 0 Å². The first kappa shape index (κ1) is 14.0. The zero-order chi connectivity index (χ0) is 14.7. The SMILES string of the molecule is CC(c1ccccc1F)N(C)C(=O)c1ccncc1N. The molecule has 2 aromatic rings. The van der Waals surface area contributed by atoms with E-state index in [2.05, 4.69) is 4.98 Å². The Balaban J connectivity index is 2.28. The van der Waals surface area contributed by atoms with E-state index in [4.69, 9.17) is 5.73 Å². The Kier molecular flexibility index (Phi) is 3.98. The summed E-state index contributed by atoms with van der Waals surface area (Å²) in [5, 5.41) is 0. The Hall–Kier alpha value is -2.43. The molecule has 1 aromatic carbocycles. The first-order valence-electron chi connectivity index (χ1n) is 6.23. The van der Waals surface area contributed by atoms with Gasteiger partial charge in [-0.15, -0.1) is 0 Å². The van der Waals surface area contributed by atoms with Gasteiger partial charge in [0.1, 0.15) is 5.82 Å². The molecule has 0 aliphatic rings. The largest absolute Gasteiger partial charge is 0.397 e. The average molecular weight is 273 g/mol. The molecule has 1 atom stereocenters. The zero-order valence-corrected chi connectivity index (χ0v) is 11.4. The van der Waals surface area contributed by atoms with Crippen LogP contribution in [0.4, 0.5) is 10.1 Å². The number of anilines is 1. The van der Waals surface area contributed by atoms with E-state index in [1.807, 2.05) is 0 Å². The molecule has 104 valence electrons. The highest BCUT2D eigenvalue weighted by Gasteiger charge is 2.22. The molecule has 5 heteroatoms. The molecule has 1 aromatic heterocycles. The predicted octanol–water partition coefficient (Wildman–Crippen LogP) is 2.64. The highest BCUT2D eigenvalue weighted by Crippen LogP contribution is 2.24. The van der Waals surface area contributed by atoms with Crippen LogP contribution in [-0.2, 0) is 0 Å². The van der Waals surface area contributed by atoms with Gasteiger partial charge in [0, 0.05) is 18.8 Å². The lowest BCUT2D eigenvalue weighted by atomic mass is 10.1. The number of hydrogen-bond acceptors (Lipinski definition) is 3.